The van der Waals surface area contributed by atoms with E-state index in [1.165, 1.54) is 16.9 Å². The maximum absolute atomic E-state index is 12.9. The maximum Gasteiger partial charge on any atom is 0.417 e. The standard InChI is InChI=1S/C22H24F5N7/c23-17(24)13-34-20-16(11-30-34)28-12-19(31-20)32-8-5-21(6-9-32)4-1-7-33(14-21)18-3-2-15(10-29-18)22(25,26)27/h2-3,10-12,17H,1,4-9,13-14H2. The fourth-order valence-corrected chi connectivity index (χ4v) is 5.02. The molecule has 0 bridgehead atoms. The van der Waals surface area contributed by atoms with Crippen LogP contribution in [0.5, 0.6) is 0 Å². The Hall–Kier alpha value is -3.05. The smallest absolute Gasteiger partial charge is 0.356 e. The van der Waals surface area contributed by atoms with Crippen LogP contribution in [0.3, 0.4) is 0 Å². The van der Waals surface area contributed by atoms with Crippen LogP contribution in [0, 0.1) is 5.41 Å². The van der Waals surface area contributed by atoms with Crippen molar-refractivity contribution in [3.8, 4) is 0 Å². The highest BCUT2D eigenvalue weighted by atomic mass is 19.4. The van der Waals surface area contributed by atoms with E-state index in [0.29, 0.717) is 22.8 Å². The Bertz CT molecular complexity index is 1140. The van der Waals surface area contributed by atoms with Gasteiger partial charge in [-0.05, 0) is 43.2 Å². The van der Waals surface area contributed by atoms with Crippen LogP contribution in [-0.2, 0) is 12.7 Å². The lowest BCUT2D eigenvalue weighted by atomic mass is 9.72. The van der Waals surface area contributed by atoms with Gasteiger partial charge in [0.25, 0.3) is 6.43 Å². The van der Waals surface area contributed by atoms with E-state index in [0.717, 1.165) is 64.1 Å². The SMILES string of the molecule is FC(F)Cn1ncc2ncc(N3CCC4(CCCN(c5ccc(C(F)(F)F)cn5)C4)CC3)nc21. The normalized spacial score (nSPS) is 18.9. The van der Waals surface area contributed by atoms with Crippen molar-refractivity contribution in [2.24, 2.45) is 5.41 Å². The molecule has 5 heterocycles. The zero-order valence-corrected chi connectivity index (χ0v) is 18.3. The van der Waals surface area contributed by atoms with Crippen molar-refractivity contribution < 1.29 is 22.0 Å². The summed E-state index contributed by atoms with van der Waals surface area (Å²) in [4.78, 5) is 17.1. The fraction of sp³-hybridized carbons (Fsp3) is 0.545. The molecule has 0 atom stereocenters. The monoisotopic (exact) mass is 481 g/mol. The van der Waals surface area contributed by atoms with Gasteiger partial charge < -0.3 is 9.80 Å². The lowest BCUT2D eigenvalue weighted by molar-refractivity contribution is -0.137. The lowest BCUT2D eigenvalue weighted by Gasteiger charge is -2.48. The van der Waals surface area contributed by atoms with E-state index in [2.05, 4.69) is 29.9 Å². The number of rotatable bonds is 4. The van der Waals surface area contributed by atoms with E-state index >= 15 is 0 Å². The number of nitrogens with zero attached hydrogens (tertiary/aromatic N) is 7. The average Bonchev–Trinajstić information content (AvgIpc) is 3.20. The summed E-state index contributed by atoms with van der Waals surface area (Å²) in [6, 6.07) is 2.53. The van der Waals surface area contributed by atoms with Gasteiger partial charge in [0.2, 0.25) is 0 Å². The van der Waals surface area contributed by atoms with Gasteiger partial charge >= 0.3 is 6.18 Å². The van der Waals surface area contributed by atoms with Gasteiger partial charge in [-0.15, -0.1) is 0 Å². The number of piperidine rings is 2. The quantitative estimate of drug-likeness (QED) is 0.515. The molecule has 182 valence electrons. The van der Waals surface area contributed by atoms with Gasteiger partial charge in [0.15, 0.2) is 5.65 Å². The molecule has 2 fully saturated rings. The van der Waals surface area contributed by atoms with Crippen LogP contribution in [0.4, 0.5) is 33.6 Å². The van der Waals surface area contributed by atoms with E-state index in [1.807, 2.05) is 0 Å². The third-order valence-electron chi connectivity index (χ3n) is 6.85. The van der Waals surface area contributed by atoms with Crippen molar-refractivity contribution >= 4 is 22.8 Å². The topological polar surface area (TPSA) is 63.0 Å². The van der Waals surface area contributed by atoms with Gasteiger partial charge in [-0.1, -0.05) is 0 Å². The second kappa shape index (κ2) is 8.62. The van der Waals surface area contributed by atoms with E-state index in [1.54, 1.807) is 6.20 Å². The van der Waals surface area contributed by atoms with Gasteiger partial charge in [0, 0.05) is 32.4 Å². The highest BCUT2D eigenvalue weighted by Crippen LogP contribution is 2.41. The van der Waals surface area contributed by atoms with Crippen molar-refractivity contribution in [3.63, 3.8) is 0 Å². The van der Waals surface area contributed by atoms with Gasteiger partial charge in [-0.25, -0.2) is 28.4 Å². The maximum atomic E-state index is 12.9. The molecule has 2 aliphatic heterocycles. The minimum Gasteiger partial charge on any atom is -0.356 e. The van der Waals surface area contributed by atoms with E-state index < -0.39 is 24.7 Å². The highest BCUT2D eigenvalue weighted by Gasteiger charge is 2.39. The Labute approximate surface area is 192 Å². The fourth-order valence-electron chi connectivity index (χ4n) is 5.02. The first-order chi connectivity index (χ1) is 16.2. The summed E-state index contributed by atoms with van der Waals surface area (Å²) >= 11 is 0. The minimum atomic E-state index is -4.40. The van der Waals surface area contributed by atoms with Crippen molar-refractivity contribution in [1.29, 1.82) is 0 Å². The molecule has 2 aliphatic rings. The molecule has 34 heavy (non-hydrogen) atoms. The van der Waals surface area contributed by atoms with Gasteiger partial charge in [-0.2, -0.15) is 18.3 Å². The van der Waals surface area contributed by atoms with Crippen LogP contribution in [0.25, 0.3) is 11.2 Å². The molecular formula is C22H24F5N7. The van der Waals surface area contributed by atoms with Crippen LogP contribution >= 0.6 is 0 Å². The molecule has 1 spiro atoms. The summed E-state index contributed by atoms with van der Waals surface area (Å²) in [7, 11) is 0. The molecule has 12 heteroatoms. The molecule has 0 unspecified atom stereocenters. The Morgan fingerprint density at radius 1 is 0.912 bits per heavy atom. The zero-order chi connectivity index (χ0) is 23.9. The van der Waals surface area contributed by atoms with Crippen molar-refractivity contribution in [1.82, 2.24) is 24.7 Å². The number of hydrogen-bond acceptors (Lipinski definition) is 6. The highest BCUT2D eigenvalue weighted by molar-refractivity contribution is 5.71. The Balaban J connectivity index is 1.27. The minimum absolute atomic E-state index is 0.0497. The third-order valence-corrected chi connectivity index (χ3v) is 6.85. The Morgan fingerprint density at radius 2 is 1.71 bits per heavy atom. The molecule has 0 radical (unpaired) electrons. The average molecular weight is 481 g/mol. The summed E-state index contributed by atoms with van der Waals surface area (Å²) in [5.41, 5.74) is 0.123. The first kappa shape index (κ1) is 22.7. The van der Waals surface area contributed by atoms with E-state index in [9.17, 15) is 22.0 Å². The van der Waals surface area contributed by atoms with Crippen LogP contribution in [0.15, 0.2) is 30.7 Å². The largest absolute Gasteiger partial charge is 0.417 e. The van der Waals surface area contributed by atoms with Crippen molar-refractivity contribution in [2.45, 2.75) is 44.8 Å². The number of fused-ring (bicyclic) bond motifs is 1. The second-order valence-corrected chi connectivity index (χ2v) is 9.07. The molecule has 0 aliphatic carbocycles. The molecule has 2 saturated heterocycles. The predicted molar refractivity (Wildman–Crippen MR) is 116 cm³/mol. The molecule has 0 saturated carbocycles. The van der Waals surface area contributed by atoms with E-state index in [4.69, 9.17) is 0 Å². The number of halogens is 5. The first-order valence-corrected chi connectivity index (χ1v) is 11.2. The number of anilines is 2. The number of aromatic nitrogens is 5. The van der Waals surface area contributed by atoms with Gasteiger partial charge in [0.05, 0.1) is 18.0 Å². The third kappa shape index (κ3) is 4.49. The molecule has 3 aromatic heterocycles. The zero-order valence-electron chi connectivity index (χ0n) is 18.3. The number of pyridine rings is 1. The van der Waals surface area contributed by atoms with Crippen LogP contribution in [0.2, 0.25) is 0 Å². The first-order valence-electron chi connectivity index (χ1n) is 11.2. The number of alkyl halides is 5. The van der Waals surface area contributed by atoms with Gasteiger partial charge in [0.1, 0.15) is 23.7 Å². The summed E-state index contributed by atoms with van der Waals surface area (Å²) in [6.45, 7) is 2.44. The molecule has 3 aromatic rings. The van der Waals surface area contributed by atoms with Crippen molar-refractivity contribution in [3.05, 3.63) is 36.3 Å². The summed E-state index contributed by atoms with van der Waals surface area (Å²) in [5.74, 6) is 1.20. The van der Waals surface area contributed by atoms with Gasteiger partial charge in [-0.3, -0.25) is 0 Å². The van der Waals surface area contributed by atoms with E-state index in [-0.39, 0.29) is 5.41 Å². The predicted octanol–water partition coefficient (Wildman–Crippen LogP) is 4.39. The van der Waals surface area contributed by atoms with Crippen LogP contribution in [0.1, 0.15) is 31.2 Å². The number of hydrogen-bond donors (Lipinski definition) is 0. The second-order valence-electron chi connectivity index (χ2n) is 9.07. The van der Waals surface area contributed by atoms with Crippen molar-refractivity contribution in [2.75, 3.05) is 36.0 Å². The van der Waals surface area contributed by atoms with Crippen LogP contribution < -0.4 is 9.80 Å². The Kier molecular flexibility index (Phi) is 5.76. The van der Waals surface area contributed by atoms with Crippen LogP contribution in [-0.4, -0.2) is 57.3 Å². The molecule has 0 aromatic carbocycles. The molecule has 5 rings (SSSR count). The summed E-state index contributed by atoms with van der Waals surface area (Å²) in [6.07, 6.45) is 0.819. The molecule has 7 nitrogen and oxygen atoms in total. The molecule has 0 amide bonds. The Morgan fingerprint density at radius 3 is 2.38 bits per heavy atom. The molecular weight excluding hydrogens is 457 g/mol. The molecule has 0 N–H and O–H groups in total. The summed E-state index contributed by atoms with van der Waals surface area (Å²) in [5, 5.41) is 3.97. The summed E-state index contributed by atoms with van der Waals surface area (Å²) < 4.78 is 65.4. The lowest BCUT2D eigenvalue weighted by Crippen LogP contribution is -2.50.